The van der Waals surface area contributed by atoms with Crippen LogP contribution in [0.2, 0.25) is 5.02 Å². The molecule has 0 bridgehead atoms. The second-order valence-corrected chi connectivity index (χ2v) is 5.98. The molecule has 0 aromatic heterocycles. The number of nitrogens with two attached hydrogens (primary N) is 1. The van der Waals surface area contributed by atoms with Crippen LogP contribution in [0.1, 0.15) is 28.8 Å². The highest BCUT2D eigenvalue weighted by Gasteiger charge is 2.29. The van der Waals surface area contributed by atoms with Crippen LogP contribution in [0, 0.1) is 12.8 Å². The molecule has 0 spiro atoms. The fourth-order valence-electron chi connectivity index (χ4n) is 2.70. The molecule has 1 heterocycles. The van der Waals surface area contributed by atoms with Crippen LogP contribution in [0.15, 0.2) is 18.2 Å². The number of hydrogen-bond donors (Lipinski definition) is 2. The average Bonchev–Trinajstić information content (AvgIpc) is 2.54. The Morgan fingerprint density at radius 1 is 1.43 bits per heavy atom. The predicted octanol–water partition coefficient (Wildman–Crippen LogP) is 2.00. The van der Waals surface area contributed by atoms with Crippen LogP contribution >= 0.6 is 24.0 Å². The first kappa shape index (κ1) is 19.7. The Kier molecular flexibility index (Phi) is 7.82. The van der Waals surface area contributed by atoms with Crippen molar-refractivity contribution in [3.63, 3.8) is 0 Å². The van der Waals surface area contributed by atoms with E-state index >= 15 is 0 Å². The molecular weight excluding hydrogens is 337 g/mol. The number of piperidine rings is 1. The Morgan fingerprint density at radius 2 is 2.17 bits per heavy atom. The molecule has 0 aliphatic carbocycles. The number of carbonyl (C=O) groups is 2. The van der Waals surface area contributed by atoms with Crippen molar-refractivity contribution in [1.82, 2.24) is 10.2 Å². The molecule has 1 aromatic rings. The molecule has 2 amide bonds. The standard InChI is InChI=1S/C16H22ClN3O2.ClH/c1-11-4-2-6-13(14(11)17)16(22)20-9-3-5-12(10-20)15(21)19-8-7-18;/h2,4,6,12H,3,5,7-10,18H2,1H3,(H,19,21);1H. The molecule has 23 heavy (non-hydrogen) atoms. The van der Waals surface area contributed by atoms with Crippen molar-refractivity contribution in [3.8, 4) is 0 Å². The van der Waals surface area contributed by atoms with Crippen LogP contribution in [0.25, 0.3) is 0 Å². The smallest absolute Gasteiger partial charge is 0.255 e. The summed E-state index contributed by atoms with van der Waals surface area (Å²) >= 11 is 6.23. The van der Waals surface area contributed by atoms with Crippen molar-refractivity contribution in [2.75, 3.05) is 26.2 Å². The number of nitrogens with one attached hydrogen (secondary N) is 1. The minimum atomic E-state index is -0.173. The second-order valence-electron chi connectivity index (χ2n) is 5.61. The van der Waals surface area contributed by atoms with Gasteiger partial charge in [0.15, 0.2) is 0 Å². The van der Waals surface area contributed by atoms with Gasteiger partial charge in [-0.1, -0.05) is 23.7 Å². The van der Waals surface area contributed by atoms with E-state index in [-0.39, 0.29) is 30.1 Å². The van der Waals surface area contributed by atoms with Gasteiger partial charge in [-0.05, 0) is 31.4 Å². The average molecular weight is 360 g/mol. The molecule has 0 radical (unpaired) electrons. The van der Waals surface area contributed by atoms with E-state index in [0.717, 1.165) is 18.4 Å². The lowest BCUT2D eigenvalue weighted by atomic mass is 9.96. The van der Waals surface area contributed by atoms with Crippen molar-refractivity contribution in [2.24, 2.45) is 11.7 Å². The number of halogens is 2. The van der Waals surface area contributed by atoms with Crippen LogP contribution < -0.4 is 11.1 Å². The number of aryl methyl sites for hydroxylation is 1. The topological polar surface area (TPSA) is 75.4 Å². The minimum Gasteiger partial charge on any atom is -0.355 e. The maximum atomic E-state index is 12.6. The molecule has 5 nitrogen and oxygen atoms in total. The van der Waals surface area contributed by atoms with Gasteiger partial charge in [-0.2, -0.15) is 0 Å². The van der Waals surface area contributed by atoms with Crippen LogP contribution in [0.5, 0.6) is 0 Å². The number of likely N-dealkylation sites (tertiary alicyclic amines) is 1. The van der Waals surface area contributed by atoms with E-state index in [0.29, 0.717) is 36.8 Å². The van der Waals surface area contributed by atoms with Gasteiger partial charge in [0, 0.05) is 26.2 Å². The molecule has 3 N–H and O–H groups in total. The number of amides is 2. The van der Waals surface area contributed by atoms with Gasteiger partial charge in [0.1, 0.15) is 0 Å². The van der Waals surface area contributed by atoms with Crippen molar-refractivity contribution in [2.45, 2.75) is 19.8 Å². The summed E-state index contributed by atoms with van der Waals surface area (Å²) in [6, 6.07) is 5.43. The molecule has 1 fully saturated rings. The number of rotatable bonds is 4. The van der Waals surface area contributed by atoms with Gasteiger partial charge >= 0.3 is 0 Å². The highest BCUT2D eigenvalue weighted by molar-refractivity contribution is 6.34. The summed E-state index contributed by atoms with van der Waals surface area (Å²) in [5, 5.41) is 3.28. The normalized spacial score (nSPS) is 17.3. The van der Waals surface area contributed by atoms with Gasteiger partial charge in [0.2, 0.25) is 5.91 Å². The fourth-order valence-corrected chi connectivity index (χ4v) is 2.91. The minimum absolute atomic E-state index is 0. The van der Waals surface area contributed by atoms with Crippen LogP contribution in [0.3, 0.4) is 0 Å². The van der Waals surface area contributed by atoms with E-state index in [4.69, 9.17) is 17.3 Å². The molecule has 2 rings (SSSR count). The van der Waals surface area contributed by atoms with Gasteiger partial charge in [0.25, 0.3) is 5.91 Å². The third-order valence-corrected chi connectivity index (χ3v) is 4.45. The Bertz CT molecular complexity index is 566. The maximum Gasteiger partial charge on any atom is 0.255 e. The fraction of sp³-hybridized carbons (Fsp3) is 0.500. The Morgan fingerprint density at radius 3 is 2.87 bits per heavy atom. The van der Waals surface area contributed by atoms with E-state index in [9.17, 15) is 9.59 Å². The molecule has 1 aliphatic heterocycles. The molecule has 7 heteroatoms. The zero-order valence-electron chi connectivity index (χ0n) is 13.2. The van der Waals surface area contributed by atoms with Crippen LogP contribution in [-0.2, 0) is 4.79 Å². The van der Waals surface area contributed by atoms with E-state index in [1.807, 2.05) is 19.1 Å². The third kappa shape index (κ3) is 4.83. The lowest BCUT2D eigenvalue weighted by molar-refractivity contribution is -0.126. The Labute approximate surface area is 148 Å². The first-order valence-electron chi connectivity index (χ1n) is 7.56. The van der Waals surface area contributed by atoms with E-state index in [2.05, 4.69) is 5.32 Å². The third-order valence-electron chi connectivity index (χ3n) is 3.95. The summed E-state index contributed by atoms with van der Waals surface area (Å²) in [4.78, 5) is 26.4. The van der Waals surface area contributed by atoms with Crippen LogP contribution in [-0.4, -0.2) is 42.9 Å². The number of hydrogen-bond acceptors (Lipinski definition) is 3. The summed E-state index contributed by atoms with van der Waals surface area (Å²) in [7, 11) is 0. The van der Waals surface area contributed by atoms with Crippen molar-refractivity contribution in [3.05, 3.63) is 34.3 Å². The largest absolute Gasteiger partial charge is 0.355 e. The van der Waals surface area contributed by atoms with E-state index in [1.165, 1.54) is 0 Å². The maximum absolute atomic E-state index is 12.6. The van der Waals surface area contributed by atoms with Crippen LogP contribution in [0.4, 0.5) is 0 Å². The van der Waals surface area contributed by atoms with Gasteiger partial charge < -0.3 is 16.0 Å². The monoisotopic (exact) mass is 359 g/mol. The molecule has 1 atom stereocenters. The van der Waals surface area contributed by atoms with Gasteiger partial charge in [-0.25, -0.2) is 0 Å². The summed E-state index contributed by atoms with van der Waals surface area (Å²) in [6.07, 6.45) is 1.61. The van der Waals surface area contributed by atoms with Gasteiger partial charge in [0.05, 0.1) is 16.5 Å². The SMILES string of the molecule is Cc1cccc(C(=O)N2CCCC(C(=O)NCCN)C2)c1Cl.Cl. The molecule has 0 saturated carbocycles. The first-order valence-corrected chi connectivity index (χ1v) is 7.94. The van der Waals surface area contributed by atoms with Gasteiger partial charge in [-0.3, -0.25) is 9.59 Å². The Balaban J connectivity index is 0.00000264. The quantitative estimate of drug-likeness (QED) is 0.862. The number of nitrogens with zero attached hydrogens (tertiary/aromatic N) is 1. The first-order chi connectivity index (χ1) is 10.5. The molecule has 128 valence electrons. The summed E-state index contributed by atoms with van der Waals surface area (Å²) in [5.41, 5.74) is 6.78. The zero-order chi connectivity index (χ0) is 16.1. The van der Waals surface area contributed by atoms with E-state index < -0.39 is 0 Å². The van der Waals surface area contributed by atoms with Crippen molar-refractivity contribution in [1.29, 1.82) is 0 Å². The van der Waals surface area contributed by atoms with Gasteiger partial charge in [-0.15, -0.1) is 12.4 Å². The number of carbonyl (C=O) groups excluding carboxylic acids is 2. The summed E-state index contributed by atoms with van der Waals surface area (Å²) < 4.78 is 0. The zero-order valence-corrected chi connectivity index (χ0v) is 14.8. The lowest BCUT2D eigenvalue weighted by Gasteiger charge is -2.32. The highest BCUT2D eigenvalue weighted by Crippen LogP contribution is 2.24. The summed E-state index contributed by atoms with van der Waals surface area (Å²) in [6.45, 7) is 3.84. The van der Waals surface area contributed by atoms with Crippen molar-refractivity contribution < 1.29 is 9.59 Å². The highest BCUT2D eigenvalue weighted by atomic mass is 35.5. The Hall–Kier alpha value is -1.30. The molecule has 1 unspecified atom stereocenters. The number of benzene rings is 1. The van der Waals surface area contributed by atoms with Crippen molar-refractivity contribution >= 4 is 35.8 Å². The molecule has 1 aromatic carbocycles. The van der Waals surface area contributed by atoms with E-state index in [1.54, 1.807) is 11.0 Å². The lowest BCUT2D eigenvalue weighted by Crippen LogP contribution is -2.46. The molecule has 1 aliphatic rings. The second kappa shape index (κ2) is 9.11. The predicted molar refractivity (Wildman–Crippen MR) is 94.1 cm³/mol. The molecular formula is C16H23Cl2N3O2. The molecule has 1 saturated heterocycles. The summed E-state index contributed by atoms with van der Waals surface area (Å²) in [5.74, 6) is -0.309.